The number of amides is 2. The predicted molar refractivity (Wildman–Crippen MR) is 122 cm³/mol. The number of rotatable bonds is 3. The number of likely N-dealkylation sites (N-methyl/N-ethyl adjacent to an activating group) is 1. The van der Waals surface area contributed by atoms with Gasteiger partial charge in [0.15, 0.2) is 0 Å². The highest BCUT2D eigenvalue weighted by molar-refractivity contribution is 14.1. The third kappa shape index (κ3) is 3.93. The smallest absolute Gasteiger partial charge is 0.272 e. The van der Waals surface area contributed by atoms with Gasteiger partial charge < -0.3 is 10.2 Å². The maximum atomic E-state index is 13.1. The van der Waals surface area contributed by atoms with Gasteiger partial charge in [0.1, 0.15) is 0 Å². The molecule has 1 atom stereocenters. The molecule has 1 N–H and O–H groups in total. The largest absolute Gasteiger partial charge is 0.322 e. The first-order valence-corrected chi connectivity index (χ1v) is 10.2. The molecule has 4 rings (SSSR count). The molecule has 3 aromatic rings. The zero-order valence-corrected chi connectivity index (χ0v) is 17.8. The number of benzodiazepines with no additional fused rings is 1. The average Bonchev–Trinajstić information content (AvgIpc) is 2.85. The van der Waals surface area contributed by atoms with E-state index in [0.717, 1.165) is 20.4 Å². The Morgan fingerprint density at radius 1 is 0.966 bits per heavy atom. The Labute approximate surface area is 182 Å². The van der Waals surface area contributed by atoms with Gasteiger partial charge >= 0.3 is 0 Å². The third-order valence-electron chi connectivity index (χ3n) is 4.76. The minimum atomic E-state index is -1.02. The van der Waals surface area contributed by atoms with Gasteiger partial charge in [0.25, 0.3) is 11.8 Å². The topological polar surface area (TPSA) is 61.8 Å². The van der Waals surface area contributed by atoms with Gasteiger partial charge in [0, 0.05) is 27.3 Å². The summed E-state index contributed by atoms with van der Waals surface area (Å²) in [4.78, 5) is 32.1. The second-order valence-electron chi connectivity index (χ2n) is 6.64. The highest BCUT2D eigenvalue weighted by atomic mass is 127. The van der Waals surface area contributed by atoms with Crippen LogP contribution in [0.25, 0.3) is 0 Å². The second-order valence-corrected chi connectivity index (χ2v) is 7.89. The molecule has 0 saturated carbocycles. The van der Waals surface area contributed by atoms with E-state index in [1.54, 1.807) is 24.1 Å². The van der Waals surface area contributed by atoms with Crippen LogP contribution in [-0.4, -0.2) is 30.7 Å². The van der Waals surface area contributed by atoms with Gasteiger partial charge in [-0.2, -0.15) is 0 Å². The number of nitrogens with zero attached hydrogens (tertiary/aromatic N) is 2. The molecule has 1 heterocycles. The van der Waals surface area contributed by atoms with Crippen molar-refractivity contribution < 1.29 is 9.59 Å². The number of aliphatic imine (C=N–C) groups is 1. The summed E-state index contributed by atoms with van der Waals surface area (Å²) < 4.78 is 1.03. The number of carbonyl (C=O) groups is 2. The van der Waals surface area contributed by atoms with E-state index in [-0.39, 0.29) is 11.8 Å². The molecule has 1 aliphatic heterocycles. The first kappa shape index (κ1) is 19.3. The number of hydrogen-bond donors (Lipinski definition) is 1. The van der Waals surface area contributed by atoms with Crippen molar-refractivity contribution >= 4 is 45.8 Å². The second kappa shape index (κ2) is 8.16. The van der Waals surface area contributed by atoms with E-state index in [1.807, 2.05) is 66.7 Å². The number of para-hydroxylation sites is 1. The van der Waals surface area contributed by atoms with Crippen LogP contribution in [0.3, 0.4) is 0 Å². The van der Waals surface area contributed by atoms with Crippen LogP contribution >= 0.6 is 22.6 Å². The van der Waals surface area contributed by atoms with Crippen molar-refractivity contribution in [1.29, 1.82) is 0 Å². The Hall–Kier alpha value is -3.00. The number of anilines is 1. The average molecular weight is 495 g/mol. The summed E-state index contributed by atoms with van der Waals surface area (Å²) in [5.41, 5.74) is 3.65. The van der Waals surface area contributed by atoms with Crippen molar-refractivity contribution in [2.45, 2.75) is 6.17 Å². The summed E-state index contributed by atoms with van der Waals surface area (Å²) in [6.07, 6.45) is -1.02. The quantitative estimate of drug-likeness (QED) is 0.562. The SMILES string of the molecule is CN1C(=O)C(NC(=O)c2ccc(I)cc2)N=C(c2ccccc2)c2ccccc21. The fourth-order valence-corrected chi connectivity index (χ4v) is 3.61. The molecule has 0 bridgehead atoms. The molecular formula is C23H18IN3O2. The van der Waals surface area contributed by atoms with Crippen LogP contribution in [0.4, 0.5) is 5.69 Å². The fourth-order valence-electron chi connectivity index (χ4n) is 3.25. The molecule has 5 nitrogen and oxygen atoms in total. The Kier molecular flexibility index (Phi) is 5.44. The molecular weight excluding hydrogens is 477 g/mol. The molecule has 1 aliphatic rings. The lowest BCUT2D eigenvalue weighted by molar-refractivity contribution is -0.119. The Morgan fingerprint density at radius 2 is 1.62 bits per heavy atom. The van der Waals surface area contributed by atoms with E-state index in [4.69, 9.17) is 4.99 Å². The molecule has 0 spiro atoms. The highest BCUT2D eigenvalue weighted by Gasteiger charge is 2.31. The maximum absolute atomic E-state index is 13.1. The normalized spacial score (nSPS) is 15.9. The van der Waals surface area contributed by atoms with Crippen molar-refractivity contribution in [3.8, 4) is 0 Å². The lowest BCUT2D eigenvalue weighted by atomic mass is 10.0. The first-order chi connectivity index (χ1) is 14.0. The van der Waals surface area contributed by atoms with Crippen LogP contribution in [0.15, 0.2) is 83.9 Å². The molecule has 0 fully saturated rings. The van der Waals surface area contributed by atoms with Crippen LogP contribution in [0.5, 0.6) is 0 Å². The molecule has 0 radical (unpaired) electrons. The van der Waals surface area contributed by atoms with E-state index in [0.29, 0.717) is 11.3 Å². The number of fused-ring (bicyclic) bond motifs is 1. The summed E-state index contributed by atoms with van der Waals surface area (Å²) in [6.45, 7) is 0. The predicted octanol–water partition coefficient (Wildman–Crippen LogP) is 3.86. The van der Waals surface area contributed by atoms with Gasteiger partial charge in [0.05, 0.1) is 11.4 Å². The molecule has 0 aliphatic carbocycles. The standard InChI is InChI=1S/C23H18IN3O2/c1-27-19-10-6-5-9-18(19)20(15-7-3-2-4-8-15)25-21(23(27)29)26-22(28)16-11-13-17(24)14-12-16/h2-14,21H,1H3,(H,26,28). The Morgan fingerprint density at radius 3 is 2.34 bits per heavy atom. The molecule has 0 saturated heterocycles. The molecule has 0 aromatic heterocycles. The van der Waals surface area contributed by atoms with Gasteiger partial charge in [-0.25, -0.2) is 4.99 Å². The monoisotopic (exact) mass is 495 g/mol. The molecule has 144 valence electrons. The molecule has 1 unspecified atom stereocenters. The summed E-state index contributed by atoms with van der Waals surface area (Å²) in [5.74, 6) is -0.627. The zero-order chi connectivity index (χ0) is 20.4. The minimum Gasteiger partial charge on any atom is -0.322 e. The van der Waals surface area contributed by atoms with Crippen LogP contribution < -0.4 is 10.2 Å². The lowest BCUT2D eigenvalue weighted by Crippen LogP contribution is -2.46. The molecule has 3 aromatic carbocycles. The van der Waals surface area contributed by atoms with Crippen LogP contribution in [0.2, 0.25) is 0 Å². The Bertz CT molecular complexity index is 1090. The van der Waals surface area contributed by atoms with Crippen LogP contribution in [0, 0.1) is 3.57 Å². The zero-order valence-electron chi connectivity index (χ0n) is 15.7. The first-order valence-electron chi connectivity index (χ1n) is 9.11. The van der Waals surface area contributed by atoms with Crippen LogP contribution in [0.1, 0.15) is 21.5 Å². The summed E-state index contributed by atoms with van der Waals surface area (Å²) in [6, 6.07) is 24.5. The number of halogens is 1. The molecule has 29 heavy (non-hydrogen) atoms. The fraction of sp³-hybridized carbons (Fsp3) is 0.0870. The van der Waals surface area contributed by atoms with Crippen molar-refractivity contribution in [1.82, 2.24) is 5.32 Å². The molecule has 6 heteroatoms. The van der Waals surface area contributed by atoms with Gasteiger partial charge in [-0.15, -0.1) is 0 Å². The highest BCUT2D eigenvalue weighted by Crippen LogP contribution is 2.27. The van der Waals surface area contributed by atoms with Crippen molar-refractivity contribution in [2.24, 2.45) is 4.99 Å². The van der Waals surface area contributed by atoms with Gasteiger partial charge in [-0.05, 0) is 52.9 Å². The lowest BCUT2D eigenvalue weighted by Gasteiger charge is -2.20. The van der Waals surface area contributed by atoms with Crippen LogP contribution in [-0.2, 0) is 4.79 Å². The van der Waals surface area contributed by atoms with Crippen molar-refractivity contribution in [3.63, 3.8) is 0 Å². The minimum absolute atomic E-state index is 0.290. The van der Waals surface area contributed by atoms with Gasteiger partial charge in [-0.1, -0.05) is 48.5 Å². The number of benzene rings is 3. The van der Waals surface area contributed by atoms with E-state index in [9.17, 15) is 9.59 Å². The van der Waals surface area contributed by atoms with Gasteiger partial charge in [0.2, 0.25) is 6.17 Å². The van der Waals surface area contributed by atoms with E-state index in [2.05, 4.69) is 27.9 Å². The number of carbonyl (C=O) groups excluding carboxylic acids is 2. The van der Waals surface area contributed by atoms with Gasteiger partial charge in [-0.3, -0.25) is 9.59 Å². The number of hydrogen-bond acceptors (Lipinski definition) is 3. The molecule has 2 amide bonds. The Balaban J connectivity index is 1.77. The summed E-state index contributed by atoms with van der Waals surface area (Å²) in [5, 5.41) is 2.79. The van der Waals surface area contributed by atoms with E-state index in [1.165, 1.54) is 0 Å². The summed E-state index contributed by atoms with van der Waals surface area (Å²) in [7, 11) is 1.70. The third-order valence-corrected chi connectivity index (χ3v) is 5.48. The summed E-state index contributed by atoms with van der Waals surface area (Å²) >= 11 is 2.18. The number of nitrogens with one attached hydrogen (secondary N) is 1. The van der Waals surface area contributed by atoms with Crippen molar-refractivity contribution in [3.05, 3.63) is 99.1 Å². The maximum Gasteiger partial charge on any atom is 0.272 e. The van der Waals surface area contributed by atoms with Crippen molar-refractivity contribution in [2.75, 3.05) is 11.9 Å². The van der Waals surface area contributed by atoms with E-state index < -0.39 is 6.17 Å². The van der Waals surface area contributed by atoms with E-state index >= 15 is 0 Å².